The fourth-order valence-electron chi connectivity index (χ4n) is 3.23. The van der Waals surface area contributed by atoms with Gasteiger partial charge in [0.2, 0.25) is 0 Å². The number of pyridine rings is 1. The van der Waals surface area contributed by atoms with Crippen molar-refractivity contribution in [1.29, 1.82) is 0 Å². The molecule has 0 aliphatic carbocycles. The van der Waals surface area contributed by atoms with Gasteiger partial charge in [-0.3, -0.25) is 9.78 Å². The summed E-state index contributed by atoms with van der Waals surface area (Å²) < 4.78 is 10.5. The summed E-state index contributed by atoms with van der Waals surface area (Å²) in [6.45, 7) is 2.22. The van der Waals surface area contributed by atoms with Gasteiger partial charge in [-0.25, -0.2) is 0 Å². The van der Waals surface area contributed by atoms with Gasteiger partial charge in [-0.05, 0) is 49.2 Å². The van der Waals surface area contributed by atoms with E-state index in [0.29, 0.717) is 30.0 Å². The third-order valence-electron chi connectivity index (χ3n) is 4.68. The number of aryl methyl sites for hydroxylation is 1. The second kappa shape index (κ2) is 7.56. The third kappa shape index (κ3) is 3.34. The lowest BCUT2D eigenvalue weighted by molar-refractivity contribution is 0.0953. The topological polar surface area (TPSA) is 93.0 Å². The van der Waals surface area contributed by atoms with Crippen LogP contribution in [0.4, 0.5) is 0 Å². The maximum atomic E-state index is 12.8. The van der Waals surface area contributed by atoms with Crippen LogP contribution in [0.1, 0.15) is 21.7 Å². The quantitative estimate of drug-likeness (QED) is 0.537. The van der Waals surface area contributed by atoms with E-state index in [2.05, 4.69) is 20.4 Å². The first-order valence-corrected chi connectivity index (χ1v) is 8.96. The van der Waals surface area contributed by atoms with E-state index < -0.39 is 0 Å². The average molecular weight is 376 g/mol. The Bertz CT molecular complexity index is 1120. The van der Waals surface area contributed by atoms with E-state index in [-0.39, 0.29) is 5.91 Å². The molecule has 1 amide bonds. The Labute approximate surface area is 161 Å². The molecule has 3 aromatic heterocycles. The van der Waals surface area contributed by atoms with Gasteiger partial charge >= 0.3 is 0 Å². The number of amides is 1. The number of nitrogens with one attached hydrogen (secondary N) is 2. The summed E-state index contributed by atoms with van der Waals surface area (Å²) >= 11 is 0. The molecular formula is C21H20N4O3. The number of benzene rings is 1. The Balaban J connectivity index is 1.48. The van der Waals surface area contributed by atoms with Crippen molar-refractivity contribution in [2.24, 2.45) is 0 Å². The number of carbonyl (C=O) groups excluding carboxylic acids is 1. The molecule has 7 nitrogen and oxygen atoms in total. The highest BCUT2D eigenvalue weighted by Crippen LogP contribution is 2.25. The van der Waals surface area contributed by atoms with Crippen LogP contribution in [0.25, 0.3) is 22.2 Å². The van der Waals surface area contributed by atoms with Crippen LogP contribution in [-0.2, 0) is 6.42 Å². The largest absolute Gasteiger partial charge is 0.497 e. The Hall–Kier alpha value is -3.61. The molecule has 0 atom stereocenters. The van der Waals surface area contributed by atoms with E-state index in [0.717, 1.165) is 27.8 Å². The van der Waals surface area contributed by atoms with Gasteiger partial charge in [0.1, 0.15) is 22.8 Å². The molecule has 0 radical (unpaired) electrons. The summed E-state index contributed by atoms with van der Waals surface area (Å²) in [7, 11) is 1.65. The minimum absolute atomic E-state index is 0.213. The van der Waals surface area contributed by atoms with Crippen LogP contribution in [0.2, 0.25) is 0 Å². The zero-order valence-electron chi connectivity index (χ0n) is 15.7. The second-order valence-electron chi connectivity index (χ2n) is 6.44. The lowest BCUT2D eigenvalue weighted by Crippen LogP contribution is -2.26. The smallest absolute Gasteiger partial charge is 0.257 e. The first-order chi connectivity index (χ1) is 13.7. The molecule has 0 fully saturated rings. The Morgan fingerprint density at radius 3 is 3.00 bits per heavy atom. The van der Waals surface area contributed by atoms with E-state index in [1.165, 1.54) is 0 Å². The number of hydrogen-bond acceptors (Lipinski definition) is 5. The lowest BCUT2D eigenvalue weighted by Gasteiger charge is -2.06. The van der Waals surface area contributed by atoms with Crippen LogP contribution < -0.4 is 10.1 Å². The van der Waals surface area contributed by atoms with E-state index in [4.69, 9.17) is 9.26 Å². The Morgan fingerprint density at radius 1 is 1.32 bits per heavy atom. The lowest BCUT2D eigenvalue weighted by atomic mass is 10.1. The van der Waals surface area contributed by atoms with Crippen molar-refractivity contribution >= 4 is 16.8 Å². The van der Waals surface area contributed by atoms with Gasteiger partial charge in [-0.1, -0.05) is 5.16 Å². The zero-order valence-corrected chi connectivity index (χ0v) is 15.7. The SMILES string of the molecule is COc1ccc2[nH]cc(CCNC(=O)c3c(-c4cccnc4)noc3C)c2c1. The summed E-state index contributed by atoms with van der Waals surface area (Å²) in [5.41, 5.74) is 3.83. The summed E-state index contributed by atoms with van der Waals surface area (Å²) in [6.07, 6.45) is 5.98. The van der Waals surface area contributed by atoms with Gasteiger partial charge in [0.25, 0.3) is 5.91 Å². The van der Waals surface area contributed by atoms with Crippen molar-refractivity contribution < 1.29 is 14.1 Å². The molecule has 0 saturated carbocycles. The summed E-state index contributed by atoms with van der Waals surface area (Å²) in [6, 6.07) is 9.54. The number of aromatic amines is 1. The molecule has 2 N–H and O–H groups in total. The number of carbonyl (C=O) groups is 1. The van der Waals surface area contributed by atoms with Gasteiger partial charge in [-0.2, -0.15) is 0 Å². The first-order valence-electron chi connectivity index (χ1n) is 8.96. The highest BCUT2D eigenvalue weighted by atomic mass is 16.5. The van der Waals surface area contributed by atoms with E-state index in [9.17, 15) is 4.79 Å². The normalized spacial score (nSPS) is 10.9. The van der Waals surface area contributed by atoms with Crippen molar-refractivity contribution in [2.45, 2.75) is 13.3 Å². The Morgan fingerprint density at radius 2 is 2.21 bits per heavy atom. The fourth-order valence-corrected chi connectivity index (χ4v) is 3.23. The Kier molecular flexibility index (Phi) is 4.80. The molecule has 0 aliphatic rings. The molecule has 0 saturated heterocycles. The number of aromatic nitrogens is 3. The predicted molar refractivity (Wildman–Crippen MR) is 105 cm³/mol. The average Bonchev–Trinajstić information content (AvgIpc) is 3.31. The van der Waals surface area contributed by atoms with E-state index >= 15 is 0 Å². The van der Waals surface area contributed by atoms with Crippen LogP contribution in [0, 0.1) is 6.92 Å². The van der Waals surface area contributed by atoms with Crippen molar-refractivity contribution in [3.63, 3.8) is 0 Å². The molecule has 3 heterocycles. The standard InChI is InChI=1S/C21H20N4O3/c1-13-19(20(25-28-13)15-4-3-8-22-11-15)21(26)23-9-7-14-12-24-18-6-5-16(27-2)10-17(14)18/h3-6,8,10-12,24H,7,9H2,1-2H3,(H,23,26). The minimum atomic E-state index is -0.213. The van der Waals surface area contributed by atoms with Crippen LogP contribution in [0.3, 0.4) is 0 Å². The molecule has 4 aromatic rings. The molecule has 142 valence electrons. The summed E-state index contributed by atoms with van der Waals surface area (Å²) in [4.78, 5) is 20.1. The monoisotopic (exact) mass is 376 g/mol. The van der Waals surface area contributed by atoms with Crippen LogP contribution in [0.5, 0.6) is 5.75 Å². The maximum Gasteiger partial charge on any atom is 0.257 e. The molecule has 0 aliphatic heterocycles. The predicted octanol–water partition coefficient (Wildman–Crippen LogP) is 3.51. The van der Waals surface area contributed by atoms with Gasteiger partial charge in [0.05, 0.1) is 7.11 Å². The number of H-pyrrole nitrogens is 1. The van der Waals surface area contributed by atoms with Crippen LogP contribution in [0.15, 0.2) is 53.4 Å². The van der Waals surface area contributed by atoms with Gasteiger partial charge in [0, 0.05) is 41.6 Å². The molecule has 0 bridgehead atoms. The third-order valence-corrected chi connectivity index (χ3v) is 4.68. The minimum Gasteiger partial charge on any atom is -0.497 e. The highest BCUT2D eigenvalue weighted by Gasteiger charge is 2.21. The van der Waals surface area contributed by atoms with Gasteiger partial charge in [-0.15, -0.1) is 0 Å². The van der Waals surface area contributed by atoms with Crippen molar-refractivity contribution in [3.05, 3.63) is 65.8 Å². The molecule has 1 aromatic carbocycles. The molecule has 0 spiro atoms. The maximum absolute atomic E-state index is 12.8. The number of fused-ring (bicyclic) bond motifs is 1. The first kappa shape index (κ1) is 17.8. The molecule has 28 heavy (non-hydrogen) atoms. The van der Waals surface area contributed by atoms with Crippen LogP contribution in [-0.4, -0.2) is 34.7 Å². The number of nitrogens with zero attached hydrogens (tertiary/aromatic N) is 2. The van der Waals surface area contributed by atoms with Crippen LogP contribution >= 0.6 is 0 Å². The number of ether oxygens (including phenoxy) is 1. The van der Waals surface area contributed by atoms with Crippen molar-refractivity contribution in [3.8, 4) is 17.0 Å². The number of methoxy groups -OCH3 is 1. The molecular weight excluding hydrogens is 356 g/mol. The summed E-state index contributed by atoms with van der Waals surface area (Å²) in [5, 5.41) is 8.08. The van der Waals surface area contributed by atoms with Gasteiger partial charge < -0.3 is 19.6 Å². The fraction of sp³-hybridized carbons (Fsp3) is 0.190. The summed E-state index contributed by atoms with van der Waals surface area (Å²) in [5.74, 6) is 1.07. The number of hydrogen-bond donors (Lipinski definition) is 2. The molecule has 7 heteroatoms. The van der Waals surface area contributed by atoms with Gasteiger partial charge in [0.15, 0.2) is 0 Å². The number of rotatable bonds is 6. The van der Waals surface area contributed by atoms with E-state index in [1.54, 1.807) is 32.5 Å². The second-order valence-corrected chi connectivity index (χ2v) is 6.44. The highest BCUT2D eigenvalue weighted by molar-refractivity contribution is 6.00. The van der Waals surface area contributed by atoms with Crippen molar-refractivity contribution in [2.75, 3.05) is 13.7 Å². The molecule has 0 unspecified atom stereocenters. The van der Waals surface area contributed by atoms with E-state index in [1.807, 2.05) is 30.5 Å². The molecule has 4 rings (SSSR count). The van der Waals surface area contributed by atoms with Crippen molar-refractivity contribution in [1.82, 2.24) is 20.4 Å². The zero-order chi connectivity index (χ0) is 19.5.